The van der Waals surface area contributed by atoms with Gasteiger partial charge in [0.15, 0.2) is 5.65 Å². The summed E-state index contributed by atoms with van der Waals surface area (Å²) < 4.78 is 1.98. The third-order valence-corrected chi connectivity index (χ3v) is 4.18. The first-order valence-electron chi connectivity index (χ1n) is 7.27. The average Bonchev–Trinajstić information content (AvgIpc) is 3.08. The van der Waals surface area contributed by atoms with Crippen molar-refractivity contribution in [3.63, 3.8) is 0 Å². The highest BCUT2D eigenvalue weighted by molar-refractivity contribution is 5.64. The zero-order chi connectivity index (χ0) is 15.1. The summed E-state index contributed by atoms with van der Waals surface area (Å²) in [6.45, 7) is 1.97. The third kappa shape index (κ3) is 1.95. The minimum atomic E-state index is -0.187. The van der Waals surface area contributed by atoms with Gasteiger partial charge in [0.1, 0.15) is 11.9 Å². The maximum absolute atomic E-state index is 10.8. The standard InChI is InChI=1S/C16H15N5O/c1-10-16(21-7-6-17-9-15(21)18-10)19-12-3-4-13-11(8-12)2-5-14(13)20-22/h3-4,6-9,14,19H,2,5H2,1H3. The lowest BCUT2D eigenvalue weighted by Crippen LogP contribution is -1.98. The second kappa shape index (κ2) is 4.91. The summed E-state index contributed by atoms with van der Waals surface area (Å²) in [6.07, 6.45) is 7.07. The Balaban J connectivity index is 1.72. The number of aromatic nitrogens is 3. The maximum atomic E-state index is 10.8. The number of nitrogens with zero attached hydrogens (tertiary/aromatic N) is 4. The zero-order valence-electron chi connectivity index (χ0n) is 12.2. The lowest BCUT2D eigenvalue weighted by atomic mass is 10.1. The Bertz CT molecular complexity index is 870. The SMILES string of the molecule is Cc1nc2cnccn2c1Nc1ccc2c(c1)CCC2N=O. The molecule has 1 aliphatic rings. The van der Waals surface area contributed by atoms with E-state index < -0.39 is 0 Å². The van der Waals surface area contributed by atoms with Gasteiger partial charge in [-0.2, -0.15) is 4.91 Å². The molecule has 110 valence electrons. The molecule has 2 heterocycles. The Labute approximate surface area is 127 Å². The second-order valence-electron chi connectivity index (χ2n) is 5.55. The topological polar surface area (TPSA) is 71.7 Å². The van der Waals surface area contributed by atoms with Crippen molar-refractivity contribution in [2.24, 2.45) is 5.18 Å². The molecule has 0 saturated carbocycles. The van der Waals surface area contributed by atoms with Gasteiger partial charge in [0.25, 0.3) is 0 Å². The summed E-state index contributed by atoms with van der Waals surface area (Å²) in [6, 6.07) is 5.90. The predicted octanol–water partition coefficient (Wildman–Crippen LogP) is 3.54. The molecule has 2 aromatic heterocycles. The number of benzene rings is 1. The van der Waals surface area contributed by atoms with Crippen LogP contribution in [0.15, 0.2) is 42.0 Å². The summed E-state index contributed by atoms with van der Waals surface area (Å²) in [5, 5.41) is 6.62. The monoisotopic (exact) mass is 293 g/mol. The van der Waals surface area contributed by atoms with E-state index in [-0.39, 0.29) is 6.04 Å². The Morgan fingerprint density at radius 1 is 1.41 bits per heavy atom. The minimum Gasteiger partial charge on any atom is -0.340 e. The summed E-state index contributed by atoms with van der Waals surface area (Å²) >= 11 is 0. The molecule has 22 heavy (non-hydrogen) atoms. The summed E-state index contributed by atoms with van der Waals surface area (Å²) in [4.78, 5) is 19.4. The number of anilines is 2. The van der Waals surface area contributed by atoms with Crippen LogP contribution in [-0.2, 0) is 6.42 Å². The van der Waals surface area contributed by atoms with E-state index in [1.165, 1.54) is 5.56 Å². The fourth-order valence-electron chi connectivity index (χ4n) is 3.09. The Kier molecular flexibility index (Phi) is 2.89. The largest absolute Gasteiger partial charge is 0.340 e. The van der Waals surface area contributed by atoms with Crippen molar-refractivity contribution >= 4 is 17.2 Å². The van der Waals surface area contributed by atoms with E-state index in [9.17, 15) is 4.91 Å². The van der Waals surface area contributed by atoms with E-state index in [1.54, 1.807) is 12.4 Å². The van der Waals surface area contributed by atoms with Gasteiger partial charge in [-0.3, -0.25) is 9.38 Å². The molecule has 1 unspecified atom stereocenters. The molecule has 0 saturated heterocycles. The van der Waals surface area contributed by atoms with Crippen molar-refractivity contribution in [2.75, 3.05) is 5.32 Å². The number of nitroso groups, excluding NO2 is 1. The number of hydrogen-bond donors (Lipinski definition) is 1. The van der Waals surface area contributed by atoms with Gasteiger partial charge in [-0.15, -0.1) is 0 Å². The first-order valence-corrected chi connectivity index (χ1v) is 7.27. The van der Waals surface area contributed by atoms with E-state index in [4.69, 9.17) is 0 Å². The molecule has 0 radical (unpaired) electrons. The number of imidazole rings is 1. The van der Waals surface area contributed by atoms with E-state index in [0.717, 1.165) is 41.3 Å². The highest BCUT2D eigenvalue weighted by atomic mass is 16.3. The Hall–Kier alpha value is -2.76. The van der Waals surface area contributed by atoms with Crippen LogP contribution in [0.2, 0.25) is 0 Å². The highest BCUT2D eigenvalue weighted by Crippen LogP contribution is 2.36. The quantitative estimate of drug-likeness (QED) is 0.750. The third-order valence-electron chi connectivity index (χ3n) is 4.18. The molecule has 1 aromatic carbocycles. The van der Waals surface area contributed by atoms with Gasteiger partial charge in [0.2, 0.25) is 0 Å². The summed E-state index contributed by atoms with van der Waals surface area (Å²) in [5.74, 6) is 0.931. The smallest absolute Gasteiger partial charge is 0.157 e. The molecule has 0 aliphatic heterocycles. The van der Waals surface area contributed by atoms with Gasteiger partial charge in [-0.05, 0) is 43.0 Å². The maximum Gasteiger partial charge on any atom is 0.157 e. The van der Waals surface area contributed by atoms with Crippen LogP contribution in [0.3, 0.4) is 0 Å². The van der Waals surface area contributed by atoms with Crippen LogP contribution >= 0.6 is 0 Å². The van der Waals surface area contributed by atoms with E-state index in [0.29, 0.717) is 0 Å². The van der Waals surface area contributed by atoms with Crippen molar-refractivity contribution in [1.29, 1.82) is 0 Å². The first-order chi connectivity index (χ1) is 10.8. The van der Waals surface area contributed by atoms with Crippen LogP contribution < -0.4 is 5.32 Å². The molecule has 1 aliphatic carbocycles. The molecule has 0 amide bonds. The lowest BCUT2D eigenvalue weighted by molar-refractivity contribution is 0.710. The molecule has 6 nitrogen and oxygen atoms in total. The molecule has 4 rings (SSSR count). The Morgan fingerprint density at radius 3 is 3.18 bits per heavy atom. The average molecular weight is 293 g/mol. The zero-order valence-corrected chi connectivity index (χ0v) is 12.2. The number of rotatable bonds is 3. The molecule has 6 heteroatoms. The number of hydrogen-bond acceptors (Lipinski definition) is 5. The number of nitrogens with one attached hydrogen (secondary N) is 1. The van der Waals surface area contributed by atoms with E-state index in [1.807, 2.05) is 29.7 Å². The fourth-order valence-corrected chi connectivity index (χ4v) is 3.09. The van der Waals surface area contributed by atoms with Crippen molar-refractivity contribution in [3.05, 3.63) is 58.5 Å². The van der Waals surface area contributed by atoms with Crippen molar-refractivity contribution in [2.45, 2.75) is 25.8 Å². The molecule has 1 N–H and O–H groups in total. The second-order valence-corrected chi connectivity index (χ2v) is 5.55. The van der Waals surface area contributed by atoms with Crippen LogP contribution in [0.25, 0.3) is 5.65 Å². The molecule has 0 spiro atoms. The Morgan fingerprint density at radius 2 is 2.32 bits per heavy atom. The summed E-state index contributed by atoms with van der Waals surface area (Å²) in [5.41, 5.74) is 4.98. The van der Waals surface area contributed by atoms with Crippen LogP contribution in [0.1, 0.15) is 29.3 Å². The lowest BCUT2D eigenvalue weighted by Gasteiger charge is -2.09. The first kappa shape index (κ1) is 12.9. The number of fused-ring (bicyclic) bond motifs is 2. The molecule has 0 bridgehead atoms. The van der Waals surface area contributed by atoms with Crippen molar-refractivity contribution in [1.82, 2.24) is 14.4 Å². The fraction of sp³-hybridized carbons (Fsp3) is 0.250. The van der Waals surface area contributed by atoms with Gasteiger partial charge in [-0.25, -0.2) is 4.98 Å². The van der Waals surface area contributed by atoms with Crippen molar-refractivity contribution in [3.8, 4) is 0 Å². The molecule has 3 aromatic rings. The van der Waals surface area contributed by atoms with E-state index in [2.05, 4.69) is 26.5 Å². The molecular weight excluding hydrogens is 278 g/mol. The van der Waals surface area contributed by atoms with Gasteiger partial charge in [0, 0.05) is 18.1 Å². The normalized spacial score (nSPS) is 16.7. The molecule has 1 atom stereocenters. The van der Waals surface area contributed by atoms with E-state index >= 15 is 0 Å². The molecular formula is C16H15N5O. The van der Waals surface area contributed by atoms with Gasteiger partial charge >= 0.3 is 0 Å². The summed E-state index contributed by atoms with van der Waals surface area (Å²) in [7, 11) is 0. The minimum absolute atomic E-state index is 0.187. The highest BCUT2D eigenvalue weighted by Gasteiger charge is 2.23. The predicted molar refractivity (Wildman–Crippen MR) is 84.3 cm³/mol. The van der Waals surface area contributed by atoms with Crippen molar-refractivity contribution < 1.29 is 0 Å². The van der Waals surface area contributed by atoms with Crippen LogP contribution in [-0.4, -0.2) is 14.4 Å². The van der Waals surface area contributed by atoms with Gasteiger partial charge < -0.3 is 5.32 Å². The van der Waals surface area contributed by atoms with Gasteiger partial charge in [0.05, 0.1) is 11.9 Å². The van der Waals surface area contributed by atoms with Crippen LogP contribution in [0.4, 0.5) is 11.5 Å². The van der Waals surface area contributed by atoms with Crippen LogP contribution in [0, 0.1) is 11.8 Å². The molecule has 0 fully saturated rings. The van der Waals surface area contributed by atoms with Crippen LogP contribution in [0.5, 0.6) is 0 Å². The number of aryl methyl sites for hydroxylation is 2. The van der Waals surface area contributed by atoms with Gasteiger partial charge in [-0.1, -0.05) is 11.2 Å².